The van der Waals surface area contributed by atoms with Crippen molar-refractivity contribution in [3.05, 3.63) is 47.5 Å². The van der Waals surface area contributed by atoms with Crippen molar-refractivity contribution in [2.24, 2.45) is 0 Å². The third-order valence-corrected chi connectivity index (χ3v) is 6.40. The maximum Gasteiger partial charge on any atom is 0.141 e. The minimum atomic E-state index is -0.454. The number of nitrogens with zero attached hydrogens (tertiary/aromatic N) is 3. The van der Waals surface area contributed by atoms with Crippen LogP contribution in [-0.4, -0.2) is 55.9 Å². The van der Waals surface area contributed by atoms with Crippen molar-refractivity contribution in [3.63, 3.8) is 0 Å². The molecule has 2 aromatic carbocycles. The Morgan fingerprint density at radius 2 is 1.59 bits per heavy atom. The van der Waals surface area contributed by atoms with Crippen molar-refractivity contribution < 1.29 is 9.47 Å². The van der Waals surface area contributed by atoms with Gasteiger partial charge in [0.2, 0.25) is 0 Å². The summed E-state index contributed by atoms with van der Waals surface area (Å²) in [7, 11) is 2.17. The van der Waals surface area contributed by atoms with E-state index in [2.05, 4.69) is 101 Å². The number of nitriles is 1. The zero-order chi connectivity index (χ0) is 24.9. The van der Waals surface area contributed by atoms with Gasteiger partial charge < -0.3 is 19.3 Å². The largest absolute Gasteiger partial charge is 0.486 e. The summed E-state index contributed by atoms with van der Waals surface area (Å²) in [5, 5.41) is 10.2. The quantitative estimate of drug-likeness (QED) is 0.488. The van der Waals surface area contributed by atoms with E-state index < -0.39 is 5.60 Å². The smallest absolute Gasteiger partial charge is 0.141 e. The van der Waals surface area contributed by atoms with Gasteiger partial charge in [0.15, 0.2) is 0 Å². The van der Waals surface area contributed by atoms with Crippen LogP contribution in [0.3, 0.4) is 0 Å². The molecule has 0 aliphatic carbocycles. The van der Waals surface area contributed by atoms with Crippen molar-refractivity contribution in [1.29, 1.82) is 5.26 Å². The average Bonchev–Trinajstić information content (AvgIpc) is 2.78. The standard InChI is InChI=1S/C29H41N3O2/c1-8-22-11-14-25(23-9-12-24(13-10-23)32-18-16-31(7)17-19-32)26(21-30)27(22)34-29(5,6)15-20-33-28(2,3)4/h9-14H,8,15-20H2,1-7H3. The van der Waals surface area contributed by atoms with Gasteiger partial charge >= 0.3 is 0 Å². The van der Waals surface area contributed by atoms with Gasteiger partial charge in [0.1, 0.15) is 23.0 Å². The molecule has 1 heterocycles. The van der Waals surface area contributed by atoms with Gasteiger partial charge in [-0.05, 0) is 71.3 Å². The molecule has 5 nitrogen and oxygen atoms in total. The molecule has 1 aliphatic rings. The topological polar surface area (TPSA) is 48.7 Å². The number of ether oxygens (including phenoxy) is 2. The van der Waals surface area contributed by atoms with Crippen LogP contribution in [0.5, 0.6) is 5.75 Å². The van der Waals surface area contributed by atoms with Crippen molar-refractivity contribution in [3.8, 4) is 22.9 Å². The summed E-state index contributed by atoms with van der Waals surface area (Å²) in [6.07, 6.45) is 1.55. The third-order valence-electron chi connectivity index (χ3n) is 6.40. The number of hydrogen-bond acceptors (Lipinski definition) is 5. The lowest BCUT2D eigenvalue weighted by Crippen LogP contribution is -2.44. The number of piperazine rings is 1. The van der Waals surface area contributed by atoms with E-state index in [1.54, 1.807) is 0 Å². The van der Waals surface area contributed by atoms with Crippen LogP contribution in [0.1, 0.15) is 59.1 Å². The molecule has 0 atom stereocenters. The Morgan fingerprint density at radius 3 is 2.15 bits per heavy atom. The summed E-state index contributed by atoms with van der Waals surface area (Å²) < 4.78 is 12.5. The van der Waals surface area contributed by atoms with Crippen LogP contribution in [0.2, 0.25) is 0 Å². The SMILES string of the molecule is CCc1ccc(-c2ccc(N3CCN(C)CC3)cc2)c(C#N)c1OC(C)(C)CCOC(C)(C)C. The van der Waals surface area contributed by atoms with Gasteiger partial charge in [-0.3, -0.25) is 0 Å². The van der Waals surface area contributed by atoms with Crippen LogP contribution in [0.15, 0.2) is 36.4 Å². The Bertz CT molecular complexity index is 992. The third kappa shape index (κ3) is 6.74. The van der Waals surface area contributed by atoms with Crippen LogP contribution in [0.25, 0.3) is 11.1 Å². The van der Waals surface area contributed by atoms with Gasteiger partial charge in [0.05, 0.1) is 12.2 Å². The van der Waals surface area contributed by atoms with E-state index in [0.29, 0.717) is 17.9 Å². The lowest BCUT2D eigenvalue weighted by atomic mass is 9.95. The second-order valence-corrected chi connectivity index (χ2v) is 10.9. The first-order valence-corrected chi connectivity index (χ1v) is 12.5. The van der Waals surface area contributed by atoms with E-state index in [4.69, 9.17) is 9.47 Å². The summed E-state index contributed by atoms with van der Waals surface area (Å²) in [6, 6.07) is 15.2. The first kappa shape index (κ1) is 26.1. The Labute approximate surface area is 206 Å². The van der Waals surface area contributed by atoms with Crippen molar-refractivity contribution >= 4 is 5.69 Å². The monoisotopic (exact) mass is 463 g/mol. The second kappa shape index (κ2) is 10.8. The van der Waals surface area contributed by atoms with E-state index in [9.17, 15) is 5.26 Å². The zero-order valence-electron chi connectivity index (χ0n) is 22.1. The highest BCUT2D eigenvalue weighted by Crippen LogP contribution is 2.37. The van der Waals surface area contributed by atoms with Crippen LogP contribution in [0, 0.1) is 11.3 Å². The molecule has 0 N–H and O–H groups in total. The molecule has 0 bridgehead atoms. The molecule has 1 fully saturated rings. The normalized spacial score (nSPS) is 15.3. The average molecular weight is 464 g/mol. The number of anilines is 1. The first-order valence-electron chi connectivity index (χ1n) is 12.5. The number of benzene rings is 2. The minimum absolute atomic E-state index is 0.182. The van der Waals surface area contributed by atoms with Crippen molar-refractivity contribution in [2.45, 2.75) is 65.6 Å². The molecule has 1 saturated heterocycles. The van der Waals surface area contributed by atoms with E-state index in [1.165, 1.54) is 5.69 Å². The molecule has 2 aromatic rings. The predicted octanol–water partition coefficient (Wildman–Crippen LogP) is 5.90. The number of rotatable bonds is 8. The van der Waals surface area contributed by atoms with Crippen molar-refractivity contribution in [1.82, 2.24) is 4.90 Å². The van der Waals surface area contributed by atoms with E-state index in [0.717, 1.165) is 55.7 Å². The molecule has 184 valence electrons. The van der Waals surface area contributed by atoms with Gasteiger partial charge in [-0.15, -0.1) is 0 Å². The fourth-order valence-electron chi connectivity index (χ4n) is 4.22. The highest BCUT2D eigenvalue weighted by Gasteiger charge is 2.26. The molecular formula is C29H41N3O2. The molecule has 34 heavy (non-hydrogen) atoms. The number of likely N-dealkylation sites (N-methyl/N-ethyl adjacent to an activating group) is 1. The molecule has 0 spiro atoms. The Balaban J connectivity index is 1.85. The molecule has 0 aromatic heterocycles. The highest BCUT2D eigenvalue weighted by molar-refractivity contribution is 5.76. The highest BCUT2D eigenvalue weighted by atomic mass is 16.5. The van der Waals surface area contributed by atoms with E-state index in [-0.39, 0.29) is 5.60 Å². The van der Waals surface area contributed by atoms with Gasteiger partial charge in [-0.1, -0.05) is 31.2 Å². The fraction of sp³-hybridized carbons (Fsp3) is 0.552. The lowest BCUT2D eigenvalue weighted by molar-refractivity contribution is -0.0294. The summed E-state index contributed by atoms with van der Waals surface area (Å²) in [5.74, 6) is 0.700. The molecule has 1 aliphatic heterocycles. The van der Waals surface area contributed by atoms with E-state index >= 15 is 0 Å². The summed E-state index contributed by atoms with van der Waals surface area (Å²) >= 11 is 0. The summed E-state index contributed by atoms with van der Waals surface area (Å²) in [6.45, 7) is 17.2. The maximum atomic E-state index is 10.2. The molecule has 5 heteroatoms. The predicted molar refractivity (Wildman–Crippen MR) is 141 cm³/mol. The minimum Gasteiger partial charge on any atom is -0.486 e. The van der Waals surface area contributed by atoms with Crippen molar-refractivity contribution in [2.75, 3.05) is 44.7 Å². The molecule has 3 rings (SSSR count). The fourth-order valence-corrected chi connectivity index (χ4v) is 4.22. The molecule has 0 amide bonds. The van der Waals surface area contributed by atoms with Gasteiger partial charge in [-0.2, -0.15) is 5.26 Å². The van der Waals surface area contributed by atoms with Crippen LogP contribution < -0.4 is 9.64 Å². The van der Waals surface area contributed by atoms with E-state index in [1.807, 2.05) is 0 Å². The Kier molecular flexibility index (Phi) is 8.28. The summed E-state index contributed by atoms with van der Waals surface area (Å²) in [4.78, 5) is 4.78. The summed E-state index contributed by atoms with van der Waals surface area (Å²) in [5.41, 5.74) is 4.22. The van der Waals surface area contributed by atoms with Crippen LogP contribution >= 0.6 is 0 Å². The van der Waals surface area contributed by atoms with Gasteiger partial charge in [-0.25, -0.2) is 0 Å². The number of aryl methyl sites for hydroxylation is 1. The molecule has 0 unspecified atom stereocenters. The molecular weight excluding hydrogens is 422 g/mol. The second-order valence-electron chi connectivity index (χ2n) is 10.9. The Hall–Kier alpha value is -2.55. The van der Waals surface area contributed by atoms with Crippen LogP contribution in [0.4, 0.5) is 5.69 Å². The Morgan fingerprint density at radius 1 is 0.941 bits per heavy atom. The lowest BCUT2D eigenvalue weighted by Gasteiger charge is -2.34. The van der Waals surface area contributed by atoms with Crippen LogP contribution in [-0.2, 0) is 11.2 Å². The van der Waals surface area contributed by atoms with Gasteiger partial charge in [0, 0.05) is 43.9 Å². The van der Waals surface area contributed by atoms with Gasteiger partial charge in [0.25, 0.3) is 0 Å². The maximum absolute atomic E-state index is 10.2. The zero-order valence-corrected chi connectivity index (χ0v) is 22.1. The first-order chi connectivity index (χ1) is 16.0. The molecule has 0 saturated carbocycles. The number of hydrogen-bond donors (Lipinski definition) is 0. The molecule has 0 radical (unpaired) electrons.